The number of sulfonamides is 1. The third-order valence-corrected chi connectivity index (χ3v) is 7.78. The van der Waals surface area contributed by atoms with Crippen molar-refractivity contribution in [2.45, 2.75) is 18.4 Å². The Kier molecular flexibility index (Phi) is 7.92. The average molecular weight is 528 g/mol. The minimum absolute atomic E-state index is 0.00592. The van der Waals surface area contributed by atoms with Gasteiger partial charge in [0.25, 0.3) is 5.91 Å². The Morgan fingerprint density at radius 2 is 1.61 bits per heavy atom. The molecule has 0 aromatic heterocycles. The molecule has 0 unspecified atom stereocenters. The van der Waals surface area contributed by atoms with Crippen LogP contribution in [0.2, 0.25) is 15.1 Å². The highest BCUT2D eigenvalue weighted by Gasteiger charge is 2.23. The van der Waals surface area contributed by atoms with Crippen molar-refractivity contribution in [3.05, 3.63) is 86.4 Å². The second-order valence-corrected chi connectivity index (χ2v) is 10.6. The predicted molar refractivity (Wildman–Crippen MR) is 132 cm³/mol. The van der Waals surface area contributed by atoms with E-state index in [1.54, 1.807) is 42.5 Å². The molecule has 0 aliphatic carbocycles. The number of carbonyl (C=O) groups is 1. The molecule has 3 aromatic rings. The van der Waals surface area contributed by atoms with Crippen LogP contribution in [0, 0.1) is 6.92 Å². The molecule has 0 saturated carbocycles. The molecule has 3 rings (SSSR count). The number of nitrogens with zero attached hydrogens (tertiary/aromatic N) is 1. The molecule has 0 aliphatic rings. The minimum Gasteiger partial charge on any atom is -0.496 e. The lowest BCUT2D eigenvalue weighted by Crippen LogP contribution is -2.27. The Balaban J connectivity index is 1.87. The van der Waals surface area contributed by atoms with E-state index in [2.05, 4.69) is 5.32 Å². The van der Waals surface area contributed by atoms with Gasteiger partial charge in [-0.1, -0.05) is 52.5 Å². The highest BCUT2D eigenvalue weighted by atomic mass is 35.5. The molecule has 1 amide bonds. The summed E-state index contributed by atoms with van der Waals surface area (Å²) in [6, 6.07) is 14.2. The lowest BCUT2D eigenvalue weighted by atomic mass is 10.1. The van der Waals surface area contributed by atoms with Crippen molar-refractivity contribution in [3.63, 3.8) is 0 Å². The van der Waals surface area contributed by atoms with Crippen LogP contribution >= 0.6 is 34.8 Å². The standard InChI is InChI=1S/C23H21Cl3N2O4S/c1-14-4-7-17(8-5-14)33(30,31)28(2)13-16-10-15(6-9-22(16)32-3)23(29)27-21-12-19(25)18(24)11-20(21)26/h4-12H,13H2,1-3H3,(H,27,29). The van der Waals surface area contributed by atoms with Crippen LogP contribution in [0.3, 0.4) is 0 Å². The zero-order valence-electron chi connectivity index (χ0n) is 18.0. The number of ether oxygens (including phenoxy) is 1. The van der Waals surface area contributed by atoms with Crippen molar-refractivity contribution >= 4 is 56.4 Å². The molecule has 0 fully saturated rings. The van der Waals surface area contributed by atoms with Gasteiger partial charge in [-0.2, -0.15) is 4.31 Å². The monoisotopic (exact) mass is 526 g/mol. The predicted octanol–water partition coefficient (Wildman–Crippen LogP) is 6.04. The van der Waals surface area contributed by atoms with E-state index in [-0.39, 0.29) is 32.1 Å². The number of carbonyl (C=O) groups excluding carboxylic acids is 1. The number of nitrogens with one attached hydrogen (secondary N) is 1. The highest BCUT2D eigenvalue weighted by Crippen LogP contribution is 2.33. The number of halogens is 3. The number of anilines is 1. The maximum absolute atomic E-state index is 13.0. The van der Waals surface area contributed by atoms with Crippen molar-refractivity contribution in [2.24, 2.45) is 0 Å². The number of hydrogen-bond donors (Lipinski definition) is 1. The molecule has 0 bridgehead atoms. The number of hydrogen-bond acceptors (Lipinski definition) is 4. The molecule has 6 nitrogen and oxygen atoms in total. The Hall–Kier alpha value is -2.29. The van der Waals surface area contributed by atoms with E-state index in [1.807, 2.05) is 6.92 Å². The molecule has 10 heteroatoms. The fourth-order valence-corrected chi connectivity index (χ4v) is 4.81. The Bertz CT molecular complexity index is 1300. The lowest BCUT2D eigenvalue weighted by molar-refractivity contribution is 0.102. The first-order chi connectivity index (χ1) is 15.5. The summed E-state index contributed by atoms with van der Waals surface area (Å²) in [6.45, 7) is 1.88. The molecule has 0 saturated heterocycles. The zero-order chi connectivity index (χ0) is 24.3. The van der Waals surface area contributed by atoms with Crippen LogP contribution in [0.1, 0.15) is 21.5 Å². The van der Waals surface area contributed by atoms with E-state index in [4.69, 9.17) is 39.5 Å². The normalized spacial score (nSPS) is 11.5. The summed E-state index contributed by atoms with van der Waals surface area (Å²) in [5, 5.41) is 3.43. The molecular formula is C23H21Cl3N2O4S. The van der Waals surface area contributed by atoms with Gasteiger partial charge in [0.15, 0.2) is 0 Å². The van der Waals surface area contributed by atoms with Crippen molar-refractivity contribution in [3.8, 4) is 5.75 Å². The number of amides is 1. The van der Waals surface area contributed by atoms with Crippen LogP contribution in [-0.4, -0.2) is 32.8 Å². The van der Waals surface area contributed by atoms with Gasteiger partial charge in [-0.15, -0.1) is 0 Å². The summed E-state index contributed by atoms with van der Waals surface area (Å²) in [5.74, 6) is -0.00619. The summed E-state index contributed by atoms with van der Waals surface area (Å²) in [4.78, 5) is 13.0. The molecular weight excluding hydrogens is 507 g/mol. The van der Waals surface area contributed by atoms with Gasteiger partial charge in [0.05, 0.1) is 32.8 Å². The van der Waals surface area contributed by atoms with E-state index >= 15 is 0 Å². The minimum atomic E-state index is -3.74. The number of benzene rings is 3. The van der Waals surface area contributed by atoms with E-state index in [0.717, 1.165) is 5.56 Å². The van der Waals surface area contributed by atoms with Gasteiger partial charge in [0.1, 0.15) is 5.75 Å². The van der Waals surface area contributed by atoms with Gasteiger partial charge < -0.3 is 10.1 Å². The molecule has 0 radical (unpaired) electrons. The number of methoxy groups -OCH3 is 1. The fraction of sp³-hybridized carbons (Fsp3) is 0.174. The molecule has 0 heterocycles. The summed E-state index contributed by atoms with van der Waals surface area (Å²) in [6.07, 6.45) is 0. The quantitative estimate of drug-likeness (QED) is 0.380. The SMILES string of the molecule is COc1ccc(C(=O)Nc2cc(Cl)c(Cl)cc2Cl)cc1CN(C)S(=O)(=O)c1ccc(C)cc1. The second kappa shape index (κ2) is 10.3. The fourth-order valence-electron chi connectivity index (χ4n) is 3.07. The molecule has 0 spiro atoms. The van der Waals surface area contributed by atoms with E-state index < -0.39 is 15.9 Å². The van der Waals surface area contributed by atoms with Crippen molar-refractivity contribution < 1.29 is 17.9 Å². The summed E-state index contributed by atoms with van der Waals surface area (Å²) >= 11 is 18.1. The third kappa shape index (κ3) is 5.80. The Morgan fingerprint density at radius 1 is 0.970 bits per heavy atom. The second-order valence-electron chi connectivity index (χ2n) is 7.30. The topological polar surface area (TPSA) is 75.7 Å². The maximum Gasteiger partial charge on any atom is 0.255 e. The zero-order valence-corrected chi connectivity index (χ0v) is 21.1. The molecule has 0 aliphatic heterocycles. The molecule has 0 atom stereocenters. The third-order valence-electron chi connectivity index (χ3n) is 4.92. The van der Waals surface area contributed by atoms with Crippen molar-refractivity contribution in [2.75, 3.05) is 19.5 Å². The summed E-state index contributed by atoms with van der Waals surface area (Å²) in [5.41, 5.74) is 2.06. The molecule has 174 valence electrons. The lowest BCUT2D eigenvalue weighted by Gasteiger charge is -2.19. The first-order valence-corrected chi connectivity index (χ1v) is 12.3. The number of rotatable bonds is 7. The van der Waals surface area contributed by atoms with Crippen LogP contribution in [0.4, 0.5) is 5.69 Å². The van der Waals surface area contributed by atoms with Crippen LogP contribution in [-0.2, 0) is 16.6 Å². The number of aryl methyl sites for hydroxylation is 1. The van der Waals surface area contributed by atoms with Gasteiger partial charge in [-0.25, -0.2) is 8.42 Å². The molecule has 1 N–H and O–H groups in total. The van der Waals surface area contributed by atoms with E-state index in [9.17, 15) is 13.2 Å². The van der Waals surface area contributed by atoms with Crippen molar-refractivity contribution in [1.29, 1.82) is 0 Å². The van der Waals surface area contributed by atoms with Gasteiger partial charge in [0.2, 0.25) is 10.0 Å². The van der Waals surface area contributed by atoms with Crippen LogP contribution < -0.4 is 10.1 Å². The van der Waals surface area contributed by atoms with Crippen LogP contribution in [0.15, 0.2) is 59.5 Å². The maximum atomic E-state index is 13.0. The van der Waals surface area contributed by atoms with Crippen molar-refractivity contribution in [1.82, 2.24) is 4.31 Å². The van der Waals surface area contributed by atoms with Gasteiger partial charge >= 0.3 is 0 Å². The van der Waals surface area contributed by atoms with Gasteiger partial charge in [0, 0.05) is 24.7 Å². The Morgan fingerprint density at radius 3 is 2.24 bits per heavy atom. The summed E-state index contributed by atoms with van der Waals surface area (Å²) < 4.78 is 32.5. The highest BCUT2D eigenvalue weighted by molar-refractivity contribution is 7.89. The van der Waals surface area contributed by atoms with E-state index in [0.29, 0.717) is 17.0 Å². The largest absolute Gasteiger partial charge is 0.496 e. The molecule has 3 aromatic carbocycles. The van der Waals surface area contributed by atoms with Crippen LogP contribution in [0.5, 0.6) is 5.75 Å². The Labute approximate surface area is 208 Å². The van der Waals surface area contributed by atoms with E-state index in [1.165, 1.54) is 30.6 Å². The molecule has 33 heavy (non-hydrogen) atoms. The van der Waals surface area contributed by atoms with Crippen LogP contribution in [0.25, 0.3) is 0 Å². The van der Waals surface area contributed by atoms with Gasteiger partial charge in [-0.3, -0.25) is 4.79 Å². The average Bonchev–Trinajstić information content (AvgIpc) is 2.77. The smallest absolute Gasteiger partial charge is 0.255 e. The first-order valence-electron chi connectivity index (χ1n) is 9.68. The summed E-state index contributed by atoms with van der Waals surface area (Å²) in [7, 11) is -0.799. The van der Waals surface area contributed by atoms with Gasteiger partial charge in [-0.05, 0) is 49.4 Å². The first kappa shape index (κ1) is 25.3.